The van der Waals surface area contributed by atoms with Crippen LogP contribution < -0.4 is 5.32 Å². The molecule has 15 heavy (non-hydrogen) atoms. The van der Waals surface area contributed by atoms with Crippen LogP contribution in [0.4, 0.5) is 0 Å². The maximum absolute atomic E-state index is 11.2. The second-order valence-corrected chi connectivity index (χ2v) is 4.35. The van der Waals surface area contributed by atoms with Gasteiger partial charge >= 0.3 is 0 Å². The Bertz CT molecular complexity index is 361. The van der Waals surface area contributed by atoms with Gasteiger partial charge in [-0.1, -0.05) is 0 Å². The van der Waals surface area contributed by atoms with Gasteiger partial charge in [0.05, 0.1) is 19.1 Å². The molecule has 1 aromatic rings. The van der Waals surface area contributed by atoms with Gasteiger partial charge in [-0.05, 0) is 6.92 Å². The number of hydrogen-bond acceptors (Lipinski definition) is 5. The largest absolute Gasteiger partial charge is 0.294 e. The SMILES string of the molecule is CC(c1nccs1)N1CC(=O)NC(=O)C1. The van der Waals surface area contributed by atoms with E-state index in [1.54, 1.807) is 6.20 Å². The molecule has 80 valence electrons. The van der Waals surface area contributed by atoms with Crippen molar-refractivity contribution in [3.63, 3.8) is 0 Å². The van der Waals surface area contributed by atoms with E-state index in [1.807, 2.05) is 17.2 Å². The minimum atomic E-state index is -0.241. The second kappa shape index (κ2) is 4.08. The molecule has 5 nitrogen and oxygen atoms in total. The molecule has 0 saturated carbocycles. The molecule has 0 spiro atoms. The van der Waals surface area contributed by atoms with Crippen LogP contribution in [0, 0.1) is 0 Å². The van der Waals surface area contributed by atoms with Crippen LogP contribution in [0.15, 0.2) is 11.6 Å². The zero-order valence-electron chi connectivity index (χ0n) is 8.27. The number of aromatic nitrogens is 1. The average molecular weight is 225 g/mol. The van der Waals surface area contributed by atoms with Gasteiger partial charge in [0.1, 0.15) is 5.01 Å². The van der Waals surface area contributed by atoms with Gasteiger partial charge in [-0.3, -0.25) is 19.8 Å². The molecular weight excluding hydrogens is 214 g/mol. The summed E-state index contributed by atoms with van der Waals surface area (Å²) in [5.74, 6) is -0.482. The Morgan fingerprint density at radius 2 is 2.13 bits per heavy atom. The third-order valence-electron chi connectivity index (χ3n) is 2.33. The van der Waals surface area contributed by atoms with E-state index < -0.39 is 0 Å². The Labute approximate surface area is 91.1 Å². The van der Waals surface area contributed by atoms with Crippen molar-refractivity contribution < 1.29 is 9.59 Å². The van der Waals surface area contributed by atoms with Gasteiger partial charge in [-0.25, -0.2) is 4.98 Å². The fourth-order valence-corrected chi connectivity index (χ4v) is 2.26. The summed E-state index contributed by atoms with van der Waals surface area (Å²) in [6.45, 7) is 2.46. The van der Waals surface area contributed by atoms with Crippen LogP contribution in [0.25, 0.3) is 0 Å². The van der Waals surface area contributed by atoms with Crippen molar-refractivity contribution in [2.45, 2.75) is 13.0 Å². The standard InChI is InChI=1S/C9H11N3O2S/c1-6(9-10-2-3-15-9)12-4-7(13)11-8(14)5-12/h2-3,6H,4-5H2,1H3,(H,11,13,14). The van der Waals surface area contributed by atoms with Crippen LogP contribution >= 0.6 is 11.3 Å². The number of imide groups is 1. The Balaban J connectivity index is 2.10. The fourth-order valence-electron chi connectivity index (χ4n) is 1.53. The lowest BCUT2D eigenvalue weighted by Crippen LogP contribution is -2.51. The molecular formula is C9H11N3O2S. The van der Waals surface area contributed by atoms with Crippen LogP contribution in [-0.2, 0) is 9.59 Å². The minimum Gasteiger partial charge on any atom is -0.294 e. The van der Waals surface area contributed by atoms with E-state index >= 15 is 0 Å². The lowest BCUT2D eigenvalue weighted by molar-refractivity contribution is -0.137. The van der Waals surface area contributed by atoms with Gasteiger partial charge in [0.25, 0.3) is 0 Å². The lowest BCUT2D eigenvalue weighted by Gasteiger charge is -2.29. The van der Waals surface area contributed by atoms with E-state index in [4.69, 9.17) is 0 Å². The molecule has 1 N–H and O–H groups in total. The molecule has 1 aliphatic rings. The number of carbonyl (C=O) groups excluding carboxylic acids is 2. The van der Waals surface area contributed by atoms with E-state index in [1.165, 1.54) is 11.3 Å². The van der Waals surface area contributed by atoms with Crippen LogP contribution in [0.2, 0.25) is 0 Å². The number of amides is 2. The van der Waals surface area contributed by atoms with Crippen LogP contribution in [0.1, 0.15) is 18.0 Å². The van der Waals surface area contributed by atoms with E-state index in [2.05, 4.69) is 10.3 Å². The lowest BCUT2D eigenvalue weighted by atomic mass is 10.2. The van der Waals surface area contributed by atoms with Gasteiger partial charge in [0, 0.05) is 11.6 Å². The zero-order chi connectivity index (χ0) is 10.8. The molecule has 1 fully saturated rings. The number of nitrogens with one attached hydrogen (secondary N) is 1. The molecule has 6 heteroatoms. The van der Waals surface area contributed by atoms with E-state index in [9.17, 15) is 9.59 Å². The number of nitrogens with zero attached hydrogens (tertiary/aromatic N) is 2. The Morgan fingerprint density at radius 1 is 1.47 bits per heavy atom. The second-order valence-electron chi connectivity index (χ2n) is 3.42. The Kier molecular flexibility index (Phi) is 2.79. The molecule has 1 aliphatic heterocycles. The summed E-state index contributed by atoms with van der Waals surface area (Å²) < 4.78 is 0. The summed E-state index contributed by atoms with van der Waals surface area (Å²) in [7, 11) is 0. The first-order valence-electron chi connectivity index (χ1n) is 4.63. The van der Waals surface area contributed by atoms with Crippen molar-refractivity contribution in [2.75, 3.05) is 13.1 Å². The summed E-state index contributed by atoms with van der Waals surface area (Å²) in [6, 6.07) is 0.0139. The molecule has 1 unspecified atom stereocenters. The molecule has 0 aliphatic carbocycles. The van der Waals surface area contributed by atoms with Gasteiger partial charge in [0.2, 0.25) is 11.8 Å². The molecule has 0 bridgehead atoms. The van der Waals surface area contributed by atoms with Crippen molar-refractivity contribution in [3.05, 3.63) is 16.6 Å². The summed E-state index contributed by atoms with van der Waals surface area (Å²) in [6.07, 6.45) is 1.72. The first-order valence-corrected chi connectivity index (χ1v) is 5.51. The monoisotopic (exact) mass is 225 g/mol. The fraction of sp³-hybridized carbons (Fsp3) is 0.444. The maximum Gasteiger partial charge on any atom is 0.240 e. The number of carbonyl (C=O) groups is 2. The predicted molar refractivity (Wildman–Crippen MR) is 55.3 cm³/mol. The van der Waals surface area contributed by atoms with Gasteiger partial charge in [0.15, 0.2) is 0 Å². The smallest absolute Gasteiger partial charge is 0.240 e. The highest BCUT2D eigenvalue weighted by molar-refractivity contribution is 7.09. The van der Waals surface area contributed by atoms with Crippen molar-refractivity contribution in [1.29, 1.82) is 0 Å². The Hall–Kier alpha value is -1.27. The molecule has 2 rings (SSSR count). The highest BCUT2D eigenvalue weighted by Gasteiger charge is 2.27. The molecule has 0 aromatic carbocycles. The molecule has 1 saturated heterocycles. The van der Waals surface area contributed by atoms with Crippen LogP contribution in [0.3, 0.4) is 0 Å². The molecule has 2 heterocycles. The number of thiazole rings is 1. The zero-order valence-corrected chi connectivity index (χ0v) is 9.08. The summed E-state index contributed by atoms with van der Waals surface area (Å²) in [4.78, 5) is 28.3. The first-order chi connectivity index (χ1) is 7.16. The summed E-state index contributed by atoms with van der Waals surface area (Å²) >= 11 is 1.53. The number of piperazine rings is 1. The van der Waals surface area contributed by atoms with Crippen molar-refractivity contribution >= 4 is 23.2 Å². The summed E-state index contributed by atoms with van der Waals surface area (Å²) in [5, 5.41) is 5.09. The average Bonchev–Trinajstić information content (AvgIpc) is 2.67. The van der Waals surface area contributed by atoms with Gasteiger partial charge < -0.3 is 0 Å². The highest BCUT2D eigenvalue weighted by Crippen LogP contribution is 2.22. The highest BCUT2D eigenvalue weighted by atomic mass is 32.1. The molecule has 1 aromatic heterocycles. The number of rotatable bonds is 2. The third-order valence-corrected chi connectivity index (χ3v) is 3.27. The quantitative estimate of drug-likeness (QED) is 0.728. The van der Waals surface area contributed by atoms with Crippen molar-refractivity contribution in [2.24, 2.45) is 0 Å². The van der Waals surface area contributed by atoms with E-state index in [-0.39, 0.29) is 30.9 Å². The van der Waals surface area contributed by atoms with Crippen LogP contribution in [0.5, 0.6) is 0 Å². The Morgan fingerprint density at radius 3 is 2.67 bits per heavy atom. The minimum absolute atomic E-state index is 0.0139. The molecule has 1 atom stereocenters. The maximum atomic E-state index is 11.2. The van der Waals surface area contributed by atoms with Gasteiger partial charge in [-0.2, -0.15) is 0 Å². The molecule has 2 amide bonds. The van der Waals surface area contributed by atoms with Gasteiger partial charge in [-0.15, -0.1) is 11.3 Å². The normalized spacial score (nSPS) is 20.1. The van der Waals surface area contributed by atoms with Crippen LogP contribution in [-0.4, -0.2) is 34.8 Å². The molecule has 0 radical (unpaired) electrons. The van der Waals surface area contributed by atoms with Crippen molar-refractivity contribution in [3.8, 4) is 0 Å². The predicted octanol–water partition coefficient (Wildman–Crippen LogP) is 0.162. The van der Waals surface area contributed by atoms with Crippen molar-refractivity contribution in [1.82, 2.24) is 15.2 Å². The van der Waals surface area contributed by atoms with E-state index in [0.717, 1.165) is 5.01 Å². The van der Waals surface area contributed by atoms with E-state index in [0.29, 0.717) is 0 Å². The number of hydrogen-bond donors (Lipinski definition) is 1. The topological polar surface area (TPSA) is 62.3 Å². The third kappa shape index (κ3) is 2.21. The first kappa shape index (κ1) is 10.3. The summed E-state index contributed by atoms with van der Waals surface area (Å²) in [5.41, 5.74) is 0.